The van der Waals surface area contributed by atoms with E-state index in [9.17, 15) is 4.79 Å². The van der Waals surface area contributed by atoms with E-state index in [-0.39, 0.29) is 5.69 Å². The van der Waals surface area contributed by atoms with Crippen molar-refractivity contribution in [3.05, 3.63) is 17.8 Å². The Morgan fingerprint density at radius 3 is 2.41 bits per heavy atom. The molecular formula is C12H17N3O2. The maximum Gasteiger partial charge on any atom is 0.358 e. The molecule has 0 aromatic carbocycles. The highest BCUT2D eigenvalue weighted by Crippen LogP contribution is 2.16. The van der Waals surface area contributed by atoms with E-state index in [0.717, 1.165) is 18.9 Å². The number of anilines is 1. The van der Waals surface area contributed by atoms with Crippen LogP contribution in [0.5, 0.6) is 0 Å². The van der Waals surface area contributed by atoms with E-state index in [1.807, 2.05) is 6.07 Å². The van der Waals surface area contributed by atoms with Gasteiger partial charge >= 0.3 is 5.97 Å². The number of hydrogen-bond donors (Lipinski definition) is 0. The average molecular weight is 235 g/mol. The lowest BCUT2D eigenvalue weighted by Gasteiger charge is -2.20. The van der Waals surface area contributed by atoms with Gasteiger partial charge in [-0.25, -0.2) is 4.79 Å². The van der Waals surface area contributed by atoms with Gasteiger partial charge in [0.25, 0.3) is 0 Å². The number of hydrogen-bond acceptors (Lipinski definition) is 5. The predicted octanol–water partition coefficient (Wildman–Crippen LogP) is 1.64. The van der Waals surface area contributed by atoms with E-state index in [0.29, 0.717) is 0 Å². The first-order valence-electron chi connectivity index (χ1n) is 5.98. The number of methoxy groups -OCH3 is 1. The molecule has 0 atom stereocenters. The SMILES string of the molecule is COC(=O)c1ccc(N2CCCCCC2)nn1. The zero-order valence-corrected chi connectivity index (χ0v) is 10.1. The molecule has 0 aliphatic carbocycles. The van der Waals surface area contributed by atoms with Gasteiger partial charge < -0.3 is 9.64 Å². The lowest BCUT2D eigenvalue weighted by Crippen LogP contribution is -2.25. The van der Waals surface area contributed by atoms with Gasteiger partial charge in [-0.15, -0.1) is 10.2 Å². The molecule has 2 heterocycles. The topological polar surface area (TPSA) is 55.3 Å². The summed E-state index contributed by atoms with van der Waals surface area (Å²) >= 11 is 0. The first kappa shape index (κ1) is 11.8. The molecule has 92 valence electrons. The summed E-state index contributed by atoms with van der Waals surface area (Å²) in [6.07, 6.45) is 4.95. The zero-order valence-electron chi connectivity index (χ0n) is 10.1. The highest BCUT2D eigenvalue weighted by molar-refractivity contribution is 5.86. The fourth-order valence-corrected chi connectivity index (χ4v) is 2.01. The monoisotopic (exact) mass is 235 g/mol. The van der Waals surface area contributed by atoms with Gasteiger partial charge in [-0.2, -0.15) is 0 Å². The number of nitrogens with zero attached hydrogens (tertiary/aromatic N) is 3. The highest BCUT2D eigenvalue weighted by atomic mass is 16.5. The van der Waals surface area contributed by atoms with Crippen molar-refractivity contribution < 1.29 is 9.53 Å². The van der Waals surface area contributed by atoms with Gasteiger partial charge in [0.2, 0.25) is 0 Å². The van der Waals surface area contributed by atoms with E-state index in [1.165, 1.54) is 32.8 Å². The van der Waals surface area contributed by atoms with Crippen LogP contribution < -0.4 is 4.90 Å². The second-order valence-electron chi connectivity index (χ2n) is 4.17. The lowest BCUT2D eigenvalue weighted by molar-refractivity contribution is 0.0592. The molecule has 0 bridgehead atoms. The summed E-state index contributed by atoms with van der Waals surface area (Å²) in [5, 5.41) is 7.98. The Morgan fingerprint density at radius 2 is 1.88 bits per heavy atom. The van der Waals surface area contributed by atoms with Gasteiger partial charge in [-0.05, 0) is 25.0 Å². The minimum absolute atomic E-state index is 0.256. The Hall–Kier alpha value is -1.65. The standard InChI is InChI=1S/C12H17N3O2/c1-17-12(16)10-6-7-11(14-13-10)15-8-4-2-3-5-9-15/h6-7H,2-5,8-9H2,1H3. The lowest BCUT2D eigenvalue weighted by atomic mass is 10.2. The Morgan fingerprint density at radius 1 is 1.18 bits per heavy atom. The molecule has 0 unspecified atom stereocenters. The zero-order chi connectivity index (χ0) is 12.1. The summed E-state index contributed by atoms with van der Waals surface area (Å²) in [5.41, 5.74) is 0.256. The molecule has 1 aliphatic heterocycles. The number of carbonyl (C=O) groups excluding carboxylic acids is 1. The van der Waals surface area contributed by atoms with E-state index in [1.54, 1.807) is 6.07 Å². The minimum Gasteiger partial charge on any atom is -0.464 e. The van der Waals surface area contributed by atoms with Crippen LogP contribution in [0.4, 0.5) is 5.82 Å². The van der Waals surface area contributed by atoms with Crippen molar-refractivity contribution in [1.29, 1.82) is 0 Å². The van der Waals surface area contributed by atoms with Crippen molar-refractivity contribution in [1.82, 2.24) is 10.2 Å². The minimum atomic E-state index is -0.445. The van der Waals surface area contributed by atoms with Gasteiger partial charge in [0.1, 0.15) is 0 Å². The largest absolute Gasteiger partial charge is 0.464 e. The van der Waals surface area contributed by atoms with Crippen LogP contribution in [0, 0.1) is 0 Å². The summed E-state index contributed by atoms with van der Waals surface area (Å²) in [7, 11) is 1.34. The van der Waals surface area contributed by atoms with Crippen LogP contribution in [0.1, 0.15) is 36.2 Å². The summed E-state index contributed by atoms with van der Waals surface area (Å²) in [6, 6.07) is 3.50. The van der Waals surface area contributed by atoms with Crippen molar-refractivity contribution in [2.45, 2.75) is 25.7 Å². The first-order chi connectivity index (χ1) is 8.31. The molecular weight excluding hydrogens is 218 g/mol. The third-order valence-corrected chi connectivity index (χ3v) is 2.98. The van der Waals surface area contributed by atoms with Crippen molar-refractivity contribution in [2.75, 3.05) is 25.1 Å². The van der Waals surface area contributed by atoms with Crippen molar-refractivity contribution in [3.8, 4) is 0 Å². The van der Waals surface area contributed by atoms with Crippen LogP contribution in [0.3, 0.4) is 0 Å². The van der Waals surface area contributed by atoms with Gasteiger partial charge in [-0.3, -0.25) is 0 Å². The third kappa shape index (κ3) is 2.93. The van der Waals surface area contributed by atoms with Crippen molar-refractivity contribution >= 4 is 11.8 Å². The summed E-state index contributed by atoms with van der Waals surface area (Å²) in [5.74, 6) is 0.402. The Labute approximate surface area is 101 Å². The molecule has 1 fully saturated rings. The Bertz CT molecular complexity index is 370. The molecule has 1 aromatic rings. The van der Waals surface area contributed by atoms with E-state index < -0.39 is 5.97 Å². The van der Waals surface area contributed by atoms with Crippen LogP contribution >= 0.6 is 0 Å². The van der Waals surface area contributed by atoms with Crippen LogP contribution in [-0.2, 0) is 4.74 Å². The number of rotatable bonds is 2. The first-order valence-corrected chi connectivity index (χ1v) is 5.98. The molecule has 0 N–H and O–H groups in total. The molecule has 0 saturated carbocycles. The van der Waals surface area contributed by atoms with E-state index in [2.05, 4.69) is 19.8 Å². The summed E-state index contributed by atoms with van der Waals surface area (Å²) in [6.45, 7) is 2.04. The number of ether oxygens (including phenoxy) is 1. The number of aromatic nitrogens is 2. The summed E-state index contributed by atoms with van der Waals surface area (Å²) in [4.78, 5) is 13.4. The molecule has 17 heavy (non-hydrogen) atoms. The second kappa shape index (κ2) is 5.61. The summed E-state index contributed by atoms with van der Waals surface area (Å²) < 4.78 is 4.59. The maximum atomic E-state index is 11.2. The molecule has 0 amide bonds. The maximum absolute atomic E-state index is 11.2. The third-order valence-electron chi connectivity index (χ3n) is 2.98. The molecule has 5 heteroatoms. The Kier molecular flexibility index (Phi) is 3.90. The molecule has 1 aliphatic rings. The van der Waals surface area contributed by atoms with Crippen LogP contribution in [0.2, 0.25) is 0 Å². The molecule has 5 nitrogen and oxygen atoms in total. The van der Waals surface area contributed by atoms with Crippen LogP contribution in [-0.4, -0.2) is 36.4 Å². The van der Waals surface area contributed by atoms with Gasteiger partial charge in [-0.1, -0.05) is 12.8 Å². The molecule has 1 saturated heterocycles. The van der Waals surface area contributed by atoms with Crippen LogP contribution in [0.15, 0.2) is 12.1 Å². The second-order valence-corrected chi connectivity index (χ2v) is 4.17. The molecule has 1 aromatic heterocycles. The fourth-order valence-electron chi connectivity index (χ4n) is 2.01. The fraction of sp³-hybridized carbons (Fsp3) is 0.583. The molecule has 2 rings (SSSR count). The van der Waals surface area contributed by atoms with Crippen molar-refractivity contribution in [3.63, 3.8) is 0 Å². The quantitative estimate of drug-likeness (QED) is 0.729. The van der Waals surface area contributed by atoms with Gasteiger partial charge in [0, 0.05) is 13.1 Å². The number of carbonyl (C=O) groups is 1. The van der Waals surface area contributed by atoms with Gasteiger partial charge in [0.05, 0.1) is 7.11 Å². The van der Waals surface area contributed by atoms with Gasteiger partial charge in [0.15, 0.2) is 11.5 Å². The smallest absolute Gasteiger partial charge is 0.358 e. The Balaban J connectivity index is 2.08. The normalized spacial score (nSPS) is 16.4. The van der Waals surface area contributed by atoms with Crippen molar-refractivity contribution in [2.24, 2.45) is 0 Å². The molecule has 0 radical (unpaired) electrons. The number of esters is 1. The highest BCUT2D eigenvalue weighted by Gasteiger charge is 2.13. The predicted molar refractivity (Wildman–Crippen MR) is 64.1 cm³/mol. The molecule has 0 spiro atoms. The van der Waals surface area contributed by atoms with Crippen LogP contribution in [0.25, 0.3) is 0 Å². The van der Waals surface area contributed by atoms with E-state index >= 15 is 0 Å². The average Bonchev–Trinajstić information content (AvgIpc) is 2.67. The van der Waals surface area contributed by atoms with E-state index in [4.69, 9.17) is 0 Å².